The van der Waals surface area contributed by atoms with Gasteiger partial charge in [0.15, 0.2) is 0 Å². The van der Waals surface area contributed by atoms with Gasteiger partial charge in [0.25, 0.3) is 0 Å². The van der Waals surface area contributed by atoms with Gasteiger partial charge in [0.1, 0.15) is 5.82 Å². The molecule has 0 amide bonds. The largest absolute Gasteiger partial charge is 0.399 e. The van der Waals surface area contributed by atoms with E-state index in [-0.39, 0.29) is 11.9 Å². The maximum Gasteiger partial charge on any atom is 0.124 e. The lowest BCUT2D eigenvalue weighted by Crippen LogP contribution is -2.07. The third-order valence-electron chi connectivity index (χ3n) is 3.51. The van der Waals surface area contributed by atoms with Crippen LogP contribution in [0.3, 0.4) is 0 Å². The van der Waals surface area contributed by atoms with Crippen molar-refractivity contribution in [2.24, 2.45) is 0 Å². The number of nitrogens with two attached hydrogens (primary N) is 1. The monoisotopic (exact) mass is 281 g/mol. The molecule has 0 aliphatic carbocycles. The fourth-order valence-corrected chi connectivity index (χ4v) is 2.35. The van der Waals surface area contributed by atoms with Crippen LogP contribution in [-0.4, -0.2) is 4.98 Å². The van der Waals surface area contributed by atoms with Crippen molar-refractivity contribution < 1.29 is 4.39 Å². The Balaban J connectivity index is 1.94. The number of benzene rings is 2. The first-order valence-corrected chi connectivity index (χ1v) is 6.80. The lowest BCUT2D eigenvalue weighted by Gasteiger charge is -2.17. The molecular formula is C17H16FN3. The molecule has 3 rings (SSSR count). The highest BCUT2D eigenvalue weighted by Gasteiger charge is 2.08. The number of fused-ring (bicyclic) bond motifs is 1. The van der Waals surface area contributed by atoms with Gasteiger partial charge >= 0.3 is 0 Å². The summed E-state index contributed by atoms with van der Waals surface area (Å²) in [7, 11) is 0. The number of nitrogens with one attached hydrogen (secondary N) is 1. The first-order valence-electron chi connectivity index (χ1n) is 6.80. The summed E-state index contributed by atoms with van der Waals surface area (Å²) in [4.78, 5) is 4.25. The summed E-state index contributed by atoms with van der Waals surface area (Å²) in [6.07, 6.45) is 1.72. The minimum absolute atomic E-state index is 0.0828. The number of nitrogens with zero attached hydrogens (tertiary/aromatic N) is 1. The molecule has 0 bridgehead atoms. The van der Waals surface area contributed by atoms with E-state index in [4.69, 9.17) is 5.73 Å². The second-order valence-electron chi connectivity index (χ2n) is 5.05. The number of rotatable bonds is 3. The Kier molecular flexibility index (Phi) is 3.44. The van der Waals surface area contributed by atoms with Crippen LogP contribution in [0.2, 0.25) is 0 Å². The van der Waals surface area contributed by atoms with E-state index >= 15 is 0 Å². The summed E-state index contributed by atoms with van der Waals surface area (Å²) in [6.45, 7) is 2.05. The summed E-state index contributed by atoms with van der Waals surface area (Å²) < 4.78 is 13.5. The van der Waals surface area contributed by atoms with Gasteiger partial charge in [0.05, 0.1) is 5.52 Å². The standard InChI is InChI=1S/C17H16FN3/c1-11(12-2-5-14(19)6-3-12)21-17-8-9-20-16-7-4-13(18)10-15(16)17/h2-11H,19H2,1H3,(H,20,21). The van der Waals surface area contributed by atoms with Crippen LogP contribution in [0.4, 0.5) is 15.8 Å². The zero-order valence-corrected chi connectivity index (χ0v) is 11.7. The molecule has 0 aliphatic heterocycles. The van der Waals surface area contributed by atoms with Crippen LogP contribution in [0.25, 0.3) is 10.9 Å². The SMILES string of the molecule is CC(Nc1ccnc2ccc(F)cc12)c1ccc(N)cc1. The molecule has 4 heteroatoms. The van der Waals surface area contributed by atoms with E-state index < -0.39 is 0 Å². The Morgan fingerprint density at radius 1 is 1.10 bits per heavy atom. The molecule has 1 aromatic heterocycles. The van der Waals surface area contributed by atoms with E-state index in [2.05, 4.69) is 17.2 Å². The average Bonchev–Trinajstić information content (AvgIpc) is 2.48. The van der Waals surface area contributed by atoms with E-state index in [1.807, 2.05) is 30.3 Å². The van der Waals surface area contributed by atoms with Crippen molar-refractivity contribution in [3.63, 3.8) is 0 Å². The number of hydrogen-bond donors (Lipinski definition) is 2. The van der Waals surface area contributed by atoms with Crippen molar-refractivity contribution in [3.8, 4) is 0 Å². The first-order chi connectivity index (χ1) is 10.1. The number of halogens is 1. The van der Waals surface area contributed by atoms with Crippen molar-refractivity contribution in [1.82, 2.24) is 4.98 Å². The summed E-state index contributed by atoms with van der Waals surface area (Å²) in [5, 5.41) is 4.18. The van der Waals surface area contributed by atoms with Gasteiger partial charge in [-0.05, 0) is 48.9 Å². The Morgan fingerprint density at radius 3 is 2.62 bits per heavy atom. The zero-order valence-electron chi connectivity index (χ0n) is 11.7. The van der Waals surface area contributed by atoms with Crippen LogP contribution in [0, 0.1) is 5.82 Å². The van der Waals surface area contributed by atoms with Crippen molar-refractivity contribution in [2.75, 3.05) is 11.1 Å². The van der Waals surface area contributed by atoms with Crippen molar-refractivity contribution in [2.45, 2.75) is 13.0 Å². The molecule has 0 saturated heterocycles. The lowest BCUT2D eigenvalue weighted by molar-refractivity contribution is 0.629. The number of aromatic nitrogens is 1. The minimum Gasteiger partial charge on any atom is -0.399 e. The summed E-state index contributed by atoms with van der Waals surface area (Å²) >= 11 is 0. The Bertz CT molecular complexity index is 769. The highest BCUT2D eigenvalue weighted by atomic mass is 19.1. The quantitative estimate of drug-likeness (QED) is 0.710. The van der Waals surface area contributed by atoms with Crippen LogP contribution in [0.5, 0.6) is 0 Å². The summed E-state index contributed by atoms with van der Waals surface area (Å²) in [6, 6.07) is 14.3. The molecule has 0 saturated carbocycles. The van der Waals surface area contributed by atoms with Gasteiger partial charge in [0, 0.05) is 29.0 Å². The maximum atomic E-state index is 13.5. The molecule has 0 radical (unpaired) electrons. The molecule has 3 N–H and O–H groups in total. The van der Waals surface area contributed by atoms with Crippen molar-refractivity contribution in [1.29, 1.82) is 0 Å². The van der Waals surface area contributed by atoms with E-state index in [0.717, 1.165) is 27.8 Å². The molecule has 1 atom stereocenters. The fraction of sp³-hybridized carbons (Fsp3) is 0.118. The zero-order chi connectivity index (χ0) is 14.8. The molecule has 0 fully saturated rings. The fourth-order valence-electron chi connectivity index (χ4n) is 2.35. The van der Waals surface area contributed by atoms with Gasteiger partial charge in [-0.15, -0.1) is 0 Å². The van der Waals surface area contributed by atoms with Crippen LogP contribution < -0.4 is 11.1 Å². The van der Waals surface area contributed by atoms with E-state index in [9.17, 15) is 4.39 Å². The molecule has 0 aliphatic rings. The topological polar surface area (TPSA) is 50.9 Å². The molecule has 3 aromatic rings. The molecule has 0 spiro atoms. The maximum absolute atomic E-state index is 13.5. The predicted molar refractivity (Wildman–Crippen MR) is 84.6 cm³/mol. The Labute approximate surface area is 122 Å². The van der Waals surface area contributed by atoms with Crippen molar-refractivity contribution in [3.05, 3.63) is 66.1 Å². The third-order valence-corrected chi connectivity index (χ3v) is 3.51. The molecule has 3 nitrogen and oxygen atoms in total. The molecular weight excluding hydrogens is 265 g/mol. The van der Waals surface area contributed by atoms with Gasteiger partial charge in [-0.3, -0.25) is 4.98 Å². The number of anilines is 2. The smallest absolute Gasteiger partial charge is 0.124 e. The average molecular weight is 281 g/mol. The highest BCUT2D eigenvalue weighted by Crippen LogP contribution is 2.26. The van der Waals surface area contributed by atoms with E-state index in [1.54, 1.807) is 12.3 Å². The number of pyridine rings is 1. The summed E-state index contributed by atoms with van der Waals surface area (Å²) in [5.41, 5.74) is 9.19. The Hall–Kier alpha value is -2.62. The van der Waals surface area contributed by atoms with Crippen LogP contribution >= 0.6 is 0 Å². The second-order valence-corrected chi connectivity index (χ2v) is 5.05. The third kappa shape index (κ3) is 2.79. The van der Waals surface area contributed by atoms with Crippen LogP contribution in [0.15, 0.2) is 54.7 Å². The predicted octanol–water partition coefficient (Wildman–Crippen LogP) is 4.13. The molecule has 2 aromatic carbocycles. The molecule has 21 heavy (non-hydrogen) atoms. The number of hydrogen-bond acceptors (Lipinski definition) is 3. The molecule has 1 unspecified atom stereocenters. The van der Waals surface area contributed by atoms with Gasteiger partial charge in [0.2, 0.25) is 0 Å². The van der Waals surface area contributed by atoms with Gasteiger partial charge in [-0.25, -0.2) is 4.39 Å². The normalized spacial score (nSPS) is 12.3. The van der Waals surface area contributed by atoms with Gasteiger partial charge < -0.3 is 11.1 Å². The van der Waals surface area contributed by atoms with Gasteiger partial charge in [-0.1, -0.05) is 12.1 Å². The lowest BCUT2D eigenvalue weighted by atomic mass is 10.1. The minimum atomic E-state index is -0.265. The van der Waals surface area contributed by atoms with E-state index in [1.165, 1.54) is 12.1 Å². The van der Waals surface area contributed by atoms with E-state index in [0.29, 0.717) is 0 Å². The van der Waals surface area contributed by atoms with Crippen LogP contribution in [0.1, 0.15) is 18.5 Å². The van der Waals surface area contributed by atoms with Gasteiger partial charge in [-0.2, -0.15) is 0 Å². The Morgan fingerprint density at radius 2 is 1.86 bits per heavy atom. The first kappa shape index (κ1) is 13.4. The highest BCUT2D eigenvalue weighted by molar-refractivity contribution is 5.91. The molecule has 1 heterocycles. The molecule has 106 valence electrons. The van der Waals surface area contributed by atoms with Crippen LogP contribution in [-0.2, 0) is 0 Å². The number of nitrogen functional groups attached to an aromatic ring is 1. The summed E-state index contributed by atoms with van der Waals surface area (Å²) in [5.74, 6) is -0.265. The van der Waals surface area contributed by atoms with Crippen molar-refractivity contribution >= 4 is 22.3 Å². The second kappa shape index (κ2) is 5.40.